The Hall–Kier alpha value is -3.86. The molecule has 1 aromatic heterocycles. The Labute approximate surface area is 284 Å². The zero-order chi connectivity index (χ0) is 32.8. The van der Waals surface area contributed by atoms with Crippen LogP contribution in [0.3, 0.4) is 0 Å². The highest BCUT2D eigenvalue weighted by Gasteiger charge is 2.35. The van der Waals surface area contributed by atoms with E-state index in [2.05, 4.69) is 36.7 Å². The van der Waals surface area contributed by atoms with Crippen LogP contribution in [0.5, 0.6) is 5.75 Å². The maximum absolute atomic E-state index is 14.1. The van der Waals surface area contributed by atoms with Crippen molar-refractivity contribution in [3.8, 4) is 5.75 Å². The third-order valence-corrected chi connectivity index (χ3v) is 10.8. The number of carbonyl (C=O) groups is 2. The lowest BCUT2D eigenvalue weighted by Crippen LogP contribution is -2.26. The van der Waals surface area contributed by atoms with Gasteiger partial charge in [0.2, 0.25) is 5.91 Å². The molecule has 7 nitrogen and oxygen atoms in total. The van der Waals surface area contributed by atoms with Gasteiger partial charge in [-0.3, -0.25) is 4.79 Å². The lowest BCUT2D eigenvalue weighted by Gasteiger charge is -2.33. The van der Waals surface area contributed by atoms with Gasteiger partial charge in [-0.2, -0.15) is 0 Å². The summed E-state index contributed by atoms with van der Waals surface area (Å²) < 4.78 is 10.6. The summed E-state index contributed by atoms with van der Waals surface area (Å²) >= 11 is 8.50. The van der Waals surface area contributed by atoms with Crippen LogP contribution in [-0.2, 0) is 22.4 Å². The van der Waals surface area contributed by atoms with Crippen molar-refractivity contribution >= 4 is 68.7 Å². The molecule has 46 heavy (non-hydrogen) atoms. The molecule has 0 saturated carbocycles. The van der Waals surface area contributed by atoms with Crippen LogP contribution in [0.25, 0.3) is 0 Å². The predicted molar refractivity (Wildman–Crippen MR) is 194 cm³/mol. The second-order valence-electron chi connectivity index (χ2n) is 12.2. The zero-order valence-corrected chi connectivity index (χ0v) is 29.1. The fourth-order valence-corrected chi connectivity index (χ4v) is 8.25. The largest absolute Gasteiger partial charge is 0.495 e. The molecule has 0 bridgehead atoms. The number of rotatable bonds is 9. The van der Waals surface area contributed by atoms with Crippen LogP contribution >= 0.6 is 35.3 Å². The molecule has 1 heterocycles. The van der Waals surface area contributed by atoms with Gasteiger partial charge in [0.05, 0.1) is 25.5 Å². The Kier molecular flexibility index (Phi) is 10.7. The van der Waals surface area contributed by atoms with Gasteiger partial charge in [-0.25, -0.2) is 4.79 Å². The zero-order valence-electron chi connectivity index (χ0n) is 26.6. The van der Waals surface area contributed by atoms with Gasteiger partial charge in [0.15, 0.2) is 5.11 Å². The smallest absolute Gasteiger partial charge is 0.341 e. The number of thiocarbonyl (C=S) groups is 1. The number of anilines is 3. The molecule has 2 unspecified atom stereocenters. The Bertz CT molecular complexity index is 1720. The van der Waals surface area contributed by atoms with Gasteiger partial charge < -0.3 is 25.4 Å². The molecule has 5 rings (SSSR count). The maximum Gasteiger partial charge on any atom is 0.341 e. The van der Waals surface area contributed by atoms with Crippen molar-refractivity contribution in [1.29, 1.82) is 0 Å². The van der Waals surface area contributed by atoms with Gasteiger partial charge in [-0.15, -0.1) is 23.1 Å². The second kappa shape index (κ2) is 14.7. The number of ether oxygens (including phenoxy) is 2. The third kappa shape index (κ3) is 7.92. The van der Waals surface area contributed by atoms with Crippen LogP contribution in [0.4, 0.5) is 16.4 Å². The Morgan fingerprint density at radius 3 is 2.41 bits per heavy atom. The van der Waals surface area contributed by atoms with E-state index < -0.39 is 11.2 Å². The van der Waals surface area contributed by atoms with E-state index in [0.29, 0.717) is 27.3 Å². The molecular formula is C36H39N3O4S3. The van der Waals surface area contributed by atoms with E-state index >= 15 is 0 Å². The lowest BCUT2D eigenvalue weighted by atomic mass is 9.72. The highest BCUT2D eigenvalue weighted by atomic mass is 32.2. The van der Waals surface area contributed by atoms with Crippen molar-refractivity contribution in [3.63, 3.8) is 0 Å². The number of thiophene rings is 1. The van der Waals surface area contributed by atoms with Crippen molar-refractivity contribution in [1.82, 2.24) is 0 Å². The summed E-state index contributed by atoms with van der Waals surface area (Å²) in [6.07, 6.45) is 2.67. The van der Waals surface area contributed by atoms with Crippen LogP contribution in [-0.4, -0.2) is 31.2 Å². The summed E-state index contributed by atoms with van der Waals surface area (Å²) in [5.74, 6) is 0.559. The van der Waals surface area contributed by atoms with Crippen molar-refractivity contribution in [3.05, 3.63) is 100 Å². The van der Waals surface area contributed by atoms with Crippen molar-refractivity contribution in [2.24, 2.45) is 11.3 Å². The number of nitrogens with one attached hydrogen (secondary N) is 3. The van der Waals surface area contributed by atoms with Gasteiger partial charge >= 0.3 is 5.97 Å². The van der Waals surface area contributed by atoms with E-state index in [9.17, 15) is 9.59 Å². The molecule has 0 fully saturated rings. The Morgan fingerprint density at radius 1 is 0.957 bits per heavy atom. The maximum atomic E-state index is 14.1. The van der Waals surface area contributed by atoms with E-state index in [1.165, 1.54) is 30.2 Å². The molecular weight excluding hydrogens is 635 g/mol. The Balaban J connectivity index is 1.38. The highest BCUT2D eigenvalue weighted by molar-refractivity contribution is 8.00. The van der Waals surface area contributed by atoms with Gasteiger partial charge in [0.25, 0.3) is 0 Å². The molecule has 1 aliphatic carbocycles. The Morgan fingerprint density at radius 2 is 1.70 bits per heavy atom. The molecule has 2 atom stereocenters. The quantitative estimate of drug-likeness (QED) is 0.0922. The van der Waals surface area contributed by atoms with Crippen LogP contribution in [0.15, 0.2) is 83.8 Å². The first-order chi connectivity index (χ1) is 22.1. The number of para-hydroxylation sites is 2. The first-order valence-electron chi connectivity index (χ1n) is 15.1. The van der Waals surface area contributed by atoms with E-state index in [-0.39, 0.29) is 11.3 Å². The van der Waals surface area contributed by atoms with E-state index in [1.807, 2.05) is 78.9 Å². The number of thioether (sulfide) groups is 1. The normalized spacial score (nSPS) is 14.8. The summed E-state index contributed by atoms with van der Waals surface area (Å²) in [4.78, 5) is 29.2. The van der Waals surface area contributed by atoms with Crippen molar-refractivity contribution in [2.75, 3.05) is 30.2 Å². The van der Waals surface area contributed by atoms with Gasteiger partial charge in [0, 0.05) is 15.5 Å². The van der Waals surface area contributed by atoms with Crippen LogP contribution < -0.4 is 20.7 Å². The number of hydrogen-bond acceptors (Lipinski definition) is 7. The number of amides is 1. The molecule has 3 aromatic carbocycles. The third-order valence-electron chi connectivity index (χ3n) is 8.16. The minimum atomic E-state index is -0.581. The van der Waals surface area contributed by atoms with Gasteiger partial charge in [-0.05, 0) is 84.3 Å². The molecule has 0 saturated heterocycles. The van der Waals surface area contributed by atoms with E-state index in [0.717, 1.165) is 51.5 Å². The number of fused-ring (bicyclic) bond motifs is 1. The number of hydrogen-bond donors (Lipinski definition) is 3. The molecule has 0 radical (unpaired) electrons. The predicted octanol–water partition coefficient (Wildman–Crippen LogP) is 8.98. The molecule has 240 valence electrons. The lowest BCUT2D eigenvalue weighted by molar-refractivity contribution is -0.115. The SMILES string of the molecule is COC(=O)c1c(NC(=O)C(Sc2cccc(NC(=S)Nc3ccccc3OC)c2)c2ccccc2)sc2c1CCC(C(C)(C)C)C2. The number of methoxy groups -OCH3 is 2. The van der Waals surface area contributed by atoms with E-state index in [1.54, 1.807) is 7.11 Å². The molecule has 3 N–H and O–H groups in total. The van der Waals surface area contributed by atoms with E-state index in [4.69, 9.17) is 21.7 Å². The second-order valence-corrected chi connectivity index (χ2v) is 14.9. The van der Waals surface area contributed by atoms with Crippen LogP contribution in [0.2, 0.25) is 0 Å². The highest BCUT2D eigenvalue weighted by Crippen LogP contribution is 2.45. The molecule has 1 amide bonds. The summed E-state index contributed by atoms with van der Waals surface area (Å²) in [6, 6.07) is 25.0. The fraction of sp³-hybridized carbons (Fsp3) is 0.306. The van der Waals surface area contributed by atoms with Gasteiger partial charge in [0.1, 0.15) is 16.0 Å². The number of esters is 1. The topological polar surface area (TPSA) is 88.7 Å². The first-order valence-corrected chi connectivity index (χ1v) is 17.2. The summed E-state index contributed by atoms with van der Waals surface area (Å²) in [5, 5.41) is 9.94. The van der Waals surface area contributed by atoms with Crippen molar-refractivity contribution < 1.29 is 19.1 Å². The van der Waals surface area contributed by atoms with Crippen LogP contribution in [0.1, 0.15) is 58.8 Å². The average Bonchev–Trinajstić information content (AvgIpc) is 3.40. The fourth-order valence-electron chi connectivity index (χ4n) is 5.63. The summed E-state index contributed by atoms with van der Waals surface area (Å²) in [5.41, 5.74) is 4.03. The van der Waals surface area contributed by atoms with Crippen LogP contribution in [0, 0.1) is 11.3 Å². The average molecular weight is 674 g/mol. The summed E-state index contributed by atoms with van der Waals surface area (Å²) in [6.45, 7) is 6.78. The standard InChI is InChI=1S/C36H39N3O4S3/c1-36(2,3)23-18-19-26-29(20-23)46-33(30(26)34(41)43-5)39-32(40)31(22-12-7-6-8-13-22)45-25-15-11-14-24(21-25)37-35(44)38-27-16-9-10-17-28(27)42-4/h6-17,21,23,31H,18-20H2,1-5H3,(H,39,40)(H2,37,38,44). The number of benzene rings is 3. The molecule has 1 aliphatic rings. The van der Waals surface area contributed by atoms with Crippen molar-refractivity contribution in [2.45, 2.75) is 50.2 Å². The molecule has 0 aliphatic heterocycles. The molecule has 4 aromatic rings. The number of carbonyl (C=O) groups excluding carboxylic acids is 2. The molecule has 10 heteroatoms. The monoisotopic (exact) mass is 673 g/mol. The first kappa shape index (κ1) is 33.5. The molecule has 0 spiro atoms. The van der Waals surface area contributed by atoms with Gasteiger partial charge in [-0.1, -0.05) is 69.3 Å². The summed E-state index contributed by atoms with van der Waals surface area (Å²) in [7, 11) is 3.00. The minimum absolute atomic E-state index is 0.156. The minimum Gasteiger partial charge on any atom is -0.495 e.